The van der Waals surface area contributed by atoms with E-state index in [0.717, 1.165) is 48.4 Å². The maximum Gasteiger partial charge on any atom is 0.338 e. The van der Waals surface area contributed by atoms with Gasteiger partial charge in [-0.2, -0.15) is 0 Å². The minimum Gasteiger partial charge on any atom is -0.488 e. The van der Waals surface area contributed by atoms with Gasteiger partial charge < -0.3 is 20.1 Å². The first kappa shape index (κ1) is 19.2. The standard InChI is InChI=1S/C23H24N2O4/c1-25-10-8-15(9-11-25)22-18-7-6-16(23(27)29-14-21(24)26)12-17(18)13-28-20-5-3-2-4-19(20)22/h2-7,12H,8-11,13-14H2,1H3,(H2,24,26). The molecule has 0 aliphatic carbocycles. The summed E-state index contributed by atoms with van der Waals surface area (Å²) in [5, 5.41) is 0. The number of benzene rings is 2. The summed E-state index contributed by atoms with van der Waals surface area (Å²) >= 11 is 0. The molecule has 2 aliphatic rings. The lowest BCUT2D eigenvalue weighted by molar-refractivity contribution is -0.121. The van der Waals surface area contributed by atoms with Crippen LogP contribution in [0.4, 0.5) is 0 Å². The van der Waals surface area contributed by atoms with E-state index in [1.54, 1.807) is 12.1 Å². The van der Waals surface area contributed by atoms with E-state index in [2.05, 4.69) is 18.0 Å². The molecule has 2 aromatic rings. The molecule has 2 aliphatic heterocycles. The molecular formula is C23H24N2O4. The van der Waals surface area contributed by atoms with Crippen molar-refractivity contribution in [3.8, 4) is 5.75 Å². The average Bonchev–Trinajstić information content (AvgIpc) is 2.89. The third-order valence-electron chi connectivity index (χ3n) is 5.44. The molecule has 2 N–H and O–H groups in total. The van der Waals surface area contributed by atoms with Gasteiger partial charge in [-0.05, 0) is 54.8 Å². The molecule has 2 aromatic carbocycles. The van der Waals surface area contributed by atoms with Gasteiger partial charge in [-0.1, -0.05) is 29.8 Å². The molecule has 4 rings (SSSR count). The van der Waals surface area contributed by atoms with Crippen LogP contribution in [0, 0.1) is 0 Å². The highest BCUT2D eigenvalue weighted by Crippen LogP contribution is 2.41. The van der Waals surface area contributed by atoms with E-state index < -0.39 is 18.5 Å². The molecule has 0 unspecified atom stereocenters. The van der Waals surface area contributed by atoms with Crippen molar-refractivity contribution in [2.24, 2.45) is 5.73 Å². The fourth-order valence-corrected chi connectivity index (χ4v) is 3.92. The fraction of sp³-hybridized carbons (Fsp3) is 0.304. The Bertz CT molecular complexity index is 986. The van der Waals surface area contributed by atoms with Crippen molar-refractivity contribution in [2.45, 2.75) is 19.4 Å². The van der Waals surface area contributed by atoms with Crippen molar-refractivity contribution in [1.82, 2.24) is 4.90 Å². The van der Waals surface area contributed by atoms with Gasteiger partial charge in [0.1, 0.15) is 12.4 Å². The fourth-order valence-electron chi connectivity index (χ4n) is 3.92. The molecule has 0 atom stereocenters. The van der Waals surface area contributed by atoms with Crippen molar-refractivity contribution in [2.75, 3.05) is 26.7 Å². The van der Waals surface area contributed by atoms with Gasteiger partial charge in [0.2, 0.25) is 0 Å². The molecule has 0 radical (unpaired) electrons. The number of nitrogens with two attached hydrogens (primary N) is 1. The summed E-state index contributed by atoms with van der Waals surface area (Å²) < 4.78 is 11.0. The van der Waals surface area contributed by atoms with Crippen molar-refractivity contribution in [1.29, 1.82) is 0 Å². The van der Waals surface area contributed by atoms with Crippen LogP contribution in [0.1, 0.15) is 39.9 Å². The predicted molar refractivity (Wildman–Crippen MR) is 109 cm³/mol. The second-order valence-corrected chi connectivity index (χ2v) is 7.48. The number of ether oxygens (including phenoxy) is 2. The van der Waals surface area contributed by atoms with Crippen LogP contribution in [0.3, 0.4) is 0 Å². The second kappa shape index (κ2) is 8.09. The maximum absolute atomic E-state index is 12.3. The van der Waals surface area contributed by atoms with Crippen LogP contribution in [-0.4, -0.2) is 43.5 Å². The minimum atomic E-state index is -0.679. The van der Waals surface area contributed by atoms with Gasteiger partial charge in [0.25, 0.3) is 5.91 Å². The number of para-hydroxylation sites is 1. The van der Waals surface area contributed by atoms with Crippen molar-refractivity contribution in [3.63, 3.8) is 0 Å². The summed E-state index contributed by atoms with van der Waals surface area (Å²) in [6, 6.07) is 13.6. The highest BCUT2D eigenvalue weighted by molar-refractivity contribution is 5.93. The molecule has 6 heteroatoms. The molecule has 2 heterocycles. The van der Waals surface area contributed by atoms with E-state index >= 15 is 0 Å². The lowest BCUT2D eigenvalue weighted by Crippen LogP contribution is -2.27. The Morgan fingerprint density at radius 1 is 1.10 bits per heavy atom. The van der Waals surface area contributed by atoms with E-state index in [4.69, 9.17) is 15.2 Å². The van der Waals surface area contributed by atoms with Gasteiger partial charge >= 0.3 is 5.97 Å². The summed E-state index contributed by atoms with van der Waals surface area (Å²) in [4.78, 5) is 25.5. The van der Waals surface area contributed by atoms with Gasteiger partial charge in [0.15, 0.2) is 6.61 Å². The SMILES string of the molecule is CN1CCC(=C2c3ccc(C(=O)OCC(N)=O)cc3COc3ccccc32)CC1. The molecular weight excluding hydrogens is 368 g/mol. The van der Waals surface area contributed by atoms with Crippen LogP contribution in [0.25, 0.3) is 5.57 Å². The zero-order valence-electron chi connectivity index (χ0n) is 16.4. The Morgan fingerprint density at radius 3 is 2.62 bits per heavy atom. The number of carbonyl (C=O) groups is 2. The molecule has 0 aromatic heterocycles. The number of hydrogen-bond donors (Lipinski definition) is 1. The van der Waals surface area contributed by atoms with Gasteiger partial charge in [0.05, 0.1) is 5.56 Å². The number of carbonyl (C=O) groups excluding carboxylic acids is 2. The number of piperidine rings is 1. The molecule has 0 bridgehead atoms. The summed E-state index contributed by atoms with van der Waals surface area (Å²) in [5.74, 6) is -0.397. The largest absolute Gasteiger partial charge is 0.488 e. The van der Waals surface area contributed by atoms with Gasteiger partial charge in [0, 0.05) is 18.7 Å². The summed E-state index contributed by atoms with van der Waals surface area (Å²) in [6.45, 7) is 1.98. The lowest BCUT2D eigenvalue weighted by Gasteiger charge is -2.27. The van der Waals surface area contributed by atoms with Crippen LogP contribution in [0.15, 0.2) is 48.0 Å². The van der Waals surface area contributed by atoms with E-state index in [1.165, 1.54) is 11.1 Å². The first-order valence-corrected chi connectivity index (χ1v) is 9.74. The Labute approximate surface area is 169 Å². The summed E-state index contributed by atoms with van der Waals surface area (Å²) in [6.07, 6.45) is 2.00. The third kappa shape index (κ3) is 4.03. The first-order chi connectivity index (χ1) is 14.0. The number of rotatable bonds is 3. The number of hydrogen-bond acceptors (Lipinski definition) is 5. The maximum atomic E-state index is 12.3. The molecule has 1 saturated heterocycles. The van der Waals surface area contributed by atoms with Gasteiger partial charge in [-0.25, -0.2) is 4.79 Å². The van der Waals surface area contributed by atoms with Crippen LogP contribution < -0.4 is 10.5 Å². The summed E-state index contributed by atoms with van der Waals surface area (Å²) in [5.41, 5.74) is 11.2. The average molecular weight is 392 g/mol. The smallest absolute Gasteiger partial charge is 0.338 e. The highest BCUT2D eigenvalue weighted by Gasteiger charge is 2.25. The van der Waals surface area contributed by atoms with E-state index in [9.17, 15) is 9.59 Å². The first-order valence-electron chi connectivity index (χ1n) is 9.74. The normalized spacial score (nSPS) is 16.3. The molecule has 0 spiro atoms. The molecule has 1 fully saturated rings. The van der Waals surface area contributed by atoms with Crippen LogP contribution in [0.5, 0.6) is 5.75 Å². The number of nitrogens with zero attached hydrogens (tertiary/aromatic N) is 1. The molecule has 29 heavy (non-hydrogen) atoms. The molecule has 150 valence electrons. The molecule has 0 saturated carbocycles. The minimum absolute atomic E-state index is 0.361. The topological polar surface area (TPSA) is 81.9 Å². The Balaban J connectivity index is 1.77. The molecule has 6 nitrogen and oxygen atoms in total. The number of fused-ring (bicyclic) bond motifs is 2. The van der Waals surface area contributed by atoms with Crippen molar-refractivity contribution < 1.29 is 19.1 Å². The van der Waals surface area contributed by atoms with Crippen molar-refractivity contribution in [3.05, 3.63) is 70.3 Å². The Kier molecular flexibility index (Phi) is 5.36. The number of amides is 1. The second-order valence-electron chi connectivity index (χ2n) is 7.48. The van der Waals surface area contributed by atoms with Crippen LogP contribution in [0.2, 0.25) is 0 Å². The van der Waals surface area contributed by atoms with E-state index in [1.807, 2.05) is 24.3 Å². The van der Waals surface area contributed by atoms with Gasteiger partial charge in [-0.15, -0.1) is 0 Å². The Morgan fingerprint density at radius 2 is 1.86 bits per heavy atom. The highest BCUT2D eigenvalue weighted by atomic mass is 16.5. The van der Waals surface area contributed by atoms with E-state index in [0.29, 0.717) is 12.2 Å². The zero-order valence-corrected chi connectivity index (χ0v) is 16.4. The summed E-state index contributed by atoms with van der Waals surface area (Å²) in [7, 11) is 2.14. The zero-order chi connectivity index (χ0) is 20.4. The van der Waals surface area contributed by atoms with Gasteiger partial charge in [-0.3, -0.25) is 4.79 Å². The number of esters is 1. The van der Waals surface area contributed by atoms with E-state index in [-0.39, 0.29) is 0 Å². The number of primary amides is 1. The molecule has 1 amide bonds. The number of likely N-dealkylation sites (tertiary alicyclic amines) is 1. The predicted octanol–water partition coefficient (Wildman–Crippen LogP) is 2.75. The monoisotopic (exact) mass is 392 g/mol. The van der Waals surface area contributed by atoms with Crippen LogP contribution >= 0.6 is 0 Å². The van der Waals surface area contributed by atoms with Crippen molar-refractivity contribution >= 4 is 17.4 Å². The Hall–Kier alpha value is -3.12. The lowest BCUT2D eigenvalue weighted by atomic mass is 9.86. The quantitative estimate of drug-likeness (QED) is 0.813. The van der Waals surface area contributed by atoms with Crippen LogP contribution in [-0.2, 0) is 16.1 Å². The third-order valence-corrected chi connectivity index (χ3v) is 5.44.